The van der Waals surface area contributed by atoms with Crippen molar-refractivity contribution in [3.8, 4) is 5.75 Å². The highest BCUT2D eigenvalue weighted by Gasteiger charge is 2.36. The monoisotopic (exact) mass is 377 g/mol. The second-order valence-electron chi connectivity index (χ2n) is 8.61. The summed E-state index contributed by atoms with van der Waals surface area (Å²) in [6.45, 7) is 9.03. The molecule has 4 nitrogen and oxygen atoms in total. The summed E-state index contributed by atoms with van der Waals surface area (Å²) in [5.74, 6) is -2.04. The van der Waals surface area contributed by atoms with Crippen molar-refractivity contribution in [2.24, 2.45) is 0 Å². The Hall–Kier alpha value is -2.88. The Labute approximate surface area is 165 Å². The molecule has 146 valence electrons. The molecule has 0 amide bonds. The first-order chi connectivity index (χ1) is 13.1. The van der Waals surface area contributed by atoms with E-state index in [2.05, 4.69) is 39.8 Å². The Morgan fingerprint density at radius 3 is 2.29 bits per heavy atom. The summed E-state index contributed by atoms with van der Waals surface area (Å²) in [6.07, 6.45) is 5.27. The number of carbonyl (C=O) groups is 2. The van der Waals surface area contributed by atoms with Gasteiger partial charge in [0.1, 0.15) is 5.75 Å². The summed E-state index contributed by atoms with van der Waals surface area (Å²) >= 11 is 0. The van der Waals surface area contributed by atoms with Gasteiger partial charge in [0.05, 0.1) is 5.97 Å². The lowest BCUT2D eigenvalue weighted by molar-refractivity contribution is -0.255. The Kier molecular flexibility index (Phi) is 5.16. The van der Waals surface area contributed by atoms with Gasteiger partial charge in [-0.1, -0.05) is 58.0 Å². The normalized spacial score (nSPS) is 17.1. The number of benzene rings is 2. The number of carbonyl (C=O) groups excluding carboxylic acids is 2. The molecule has 28 heavy (non-hydrogen) atoms. The van der Waals surface area contributed by atoms with Crippen molar-refractivity contribution in [1.29, 1.82) is 0 Å². The molecule has 0 aromatic heterocycles. The number of aromatic carboxylic acids is 1. The lowest BCUT2D eigenvalue weighted by Crippen LogP contribution is -2.33. The molecule has 0 saturated heterocycles. The van der Waals surface area contributed by atoms with Gasteiger partial charge in [-0.3, -0.25) is 0 Å². The van der Waals surface area contributed by atoms with Crippen molar-refractivity contribution in [2.45, 2.75) is 51.4 Å². The summed E-state index contributed by atoms with van der Waals surface area (Å²) in [7, 11) is 0. The van der Waals surface area contributed by atoms with E-state index in [1.54, 1.807) is 18.2 Å². The van der Waals surface area contributed by atoms with Gasteiger partial charge < -0.3 is 14.6 Å². The van der Waals surface area contributed by atoms with Crippen molar-refractivity contribution in [3.05, 3.63) is 70.8 Å². The van der Waals surface area contributed by atoms with E-state index in [0.29, 0.717) is 0 Å². The molecule has 0 unspecified atom stereocenters. The zero-order valence-electron chi connectivity index (χ0n) is 16.7. The van der Waals surface area contributed by atoms with Gasteiger partial charge in [0.2, 0.25) is 0 Å². The highest BCUT2D eigenvalue weighted by molar-refractivity contribution is 5.93. The minimum Gasteiger partial charge on any atom is -0.545 e. The Balaban J connectivity index is 1.82. The van der Waals surface area contributed by atoms with Crippen molar-refractivity contribution >= 4 is 18.0 Å². The van der Waals surface area contributed by atoms with Crippen LogP contribution in [-0.2, 0) is 15.6 Å². The molecule has 0 N–H and O–H groups in total. The van der Waals surface area contributed by atoms with Gasteiger partial charge in [-0.05, 0) is 58.6 Å². The first-order valence-corrected chi connectivity index (χ1v) is 9.45. The lowest BCUT2D eigenvalue weighted by Gasteiger charge is -2.42. The number of hydrogen-bond acceptors (Lipinski definition) is 4. The van der Waals surface area contributed by atoms with Crippen LogP contribution in [-0.4, -0.2) is 11.9 Å². The molecular weight excluding hydrogens is 352 g/mol. The van der Waals surface area contributed by atoms with Gasteiger partial charge in [-0.15, -0.1) is 0 Å². The van der Waals surface area contributed by atoms with Gasteiger partial charge >= 0.3 is 5.97 Å². The third-order valence-electron chi connectivity index (χ3n) is 5.61. The average molecular weight is 377 g/mol. The predicted octanol–water partition coefficient (Wildman–Crippen LogP) is 4.02. The maximum Gasteiger partial charge on any atom is 0.336 e. The van der Waals surface area contributed by atoms with E-state index in [1.165, 1.54) is 29.3 Å². The third-order valence-corrected chi connectivity index (χ3v) is 5.61. The van der Waals surface area contributed by atoms with Crippen LogP contribution in [0.4, 0.5) is 0 Å². The standard InChI is InChI=1S/C24H26O4/c1-23(2)13-14-24(3,4)19-15-16(9-11-18(19)23)10-12-21(25)28-20-8-6-5-7-17(20)22(26)27/h5-12,15H,13-14H2,1-4H3,(H,26,27)/p-1. The quantitative estimate of drug-likeness (QED) is 0.459. The van der Waals surface area contributed by atoms with Gasteiger partial charge in [0, 0.05) is 11.6 Å². The molecule has 0 saturated carbocycles. The fourth-order valence-corrected chi connectivity index (χ4v) is 3.74. The molecule has 1 aliphatic carbocycles. The van der Waals surface area contributed by atoms with Crippen LogP contribution in [0.15, 0.2) is 48.5 Å². The Bertz CT molecular complexity index is 951. The van der Waals surface area contributed by atoms with E-state index in [9.17, 15) is 14.7 Å². The van der Waals surface area contributed by atoms with Crippen LogP contribution in [0.3, 0.4) is 0 Å². The van der Waals surface area contributed by atoms with Gasteiger partial charge in [-0.25, -0.2) is 4.79 Å². The Morgan fingerprint density at radius 2 is 1.61 bits per heavy atom. The molecule has 0 heterocycles. The molecule has 0 aliphatic heterocycles. The minimum absolute atomic E-state index is 0.0227. The van der Waals surface area contributed by atoms with Gasteiger partial charge in [0.15, 0.2) is 0 Å². The molecule has 0 radical (unpaired) electrons. The SMILES string of the molecule is CC1(C)CCC(C)(C)c2cc(C=CC(=O)Oc3ccccc3C(=O)[O-])ccc21. The fourth-order valence-electron chi connectivity index (χ4n) is 3.74. The molecule has 0 fully saturated rings. The topological polar surface area (TPSA) is 66.4 Å². The molecule has 4 heteroatoms. The predicted molar refractivity (Wildman–Crippen MR) is 107 cm³/mol. The van der Waals surface area contributed by atoms with Crippen LogP contribution in [0.2, 0.25) is 0 Å². The van der Waals surface area contributed by atoms with E-state index < -0.39 is 11.9 Å². The van der Waals surface area contributed by atoms with E-state index in [1.807, 2.05) is 6.07 Å². The smallest absolute Gasteiger partial charge is 0.336 e. The van der Waals surface area contributed by atoms with E-state index in [-0.39, 0.29) is 22.1 Å². The maximum atomic E-state index is 12.2. The molecule has 0 spiro atoms. The molecule has 2 aromatic rings. The number of rotatable bonds is 4. The lowest BCUT2D eigenvalue weighted by atomic mass is 9.63. The molecule has 2 aromatic carbocycles. The number of carboxylic acid groups (broad SMARTS) is 1. The summed E-state index contributed by atoms with van der Waals surface area (Å²) < 4.78 is 5.17. The van der Waals surface area contributed by atoms with E-state index >= 15 is 0 Å². The second kappa shape index (κ2) is 7.27. The van der Waals surface area contributed by atoms with Crippen LogP contribution < -0.4 is 9.84 Å². The number of fused-ring (bicyclic) bond motifs is 1. The van der Waals surface area contributed by atoms with Crippen LogP contribution in [0.1, 0.15) is 67.6 Å². The Morgan fingerprint density at radius 1 is 0.964 bits per heavy atom. The molecular formula is C24H25O4-. The zero-order valence-corrected chi connectivity index (χ0v) is 16.7. The van der Waals surface area contributed by atoms with Crippen molar-refractivity contribution in [2.75, 3.05) is 0 Å². The summed E-state index contributed by atoms with van der Waals surface area (Å²) in [4.78, 5) is 23.3. The number of esters is 1. The van der Waals surface area contributed by atoms with E-state index in [0.717, 1.165) is 18.4 Å². The first-order valence-electron chi connectivity index (χ1n) is 9.45. The van der Waals surface area contributed by atoms with Gasteiger partial charge in [0.25, 0.3) is 0 Å². The van der Waals surface area contributed by atoms with Gasteiger partial charge in [-0.2, -0.15) is 0 Å². The number of carboxylic acids is 1. The van der Waals surface area contributed by atoms with Crippen molar-refractivity contribution in [1.82, 2.24) is 0 Å². The highest BCUT2D eigenvalue weighted by Crippen LogP contribution is 2.45. The maximum absolute atomic E-state index is 12.2. The number of hydrogen-bond donors (Lipinski definition) is 0. The van der Waals surface area contributed by atoms with Crippen molar-refractivity contribution < 1.29 is 19.4 Å². The summed E-state index contributed by atoms with van der Waals surface area (Å²) in [6, 6.07) is 12.2. The van der Waals surface area contributed by atoms with E-state index in [4.69, 9.17) is 4.74 Å². The molecule has 0 bridgehead atoms. The summed E-state index contributed by atoms with van der Waals surface area (Å²) in [5, 5.41) is 11.1. The molecule has 1 aliphatic rings. The largest absolute Gasteiger partial charge is 0.545 e. The molecule has 3 rings (SSSR count). The third kappa shape index (κ3) is 4.01. The molecule has 0 atom stereocenters. The fraction of sp³-hybridized carbons (Fsp3) is 0.333. The zero-order chi connectivity index (χ0) is 20.5. The van der Waals surface area contributed by atoms with Crippen LogP contribution in [0.25, 0.3) is 6.08 Å². The first kappa shape index (κ1) is 19.9. The minimum atomic E-state index is -1.38. The number of para-hydroxylation sites is 1. The van der Waals surface area contributed by atoms with Crippen LogP contribution in [0.5, 0.6) is 5.75 Å². The van der Waals surface area contributed by atoms with Crippen molar-refractivity contribution in [3.63, 3.8) is 0 Å². The average Bonchev–Trinajstić information content (AvgIpc) is 2.64. The number of ether oxygens (including phenoxy) is 1. The van der Waals surface area contributed by atoms with Crippen LogP contribution >= 0.6 is 0 Å². The highest BCUT2D eigenvalue weighted by atomic mass is 16.5. The van der Waals surface area contributed by atoms with Crippen LogP contribution in [0, 0.1) is 0 Å². The second-order valence-corrected chi connectivity index (χ2v) is 8.61. The summed E-state index contributed by atoms with van der Waals surface area (Å²) in [5.41, 5.74) is 3.65.